The first kappa shape index (κ1) is 20.3. The van der Waals surface area contributed by atoms with E-state index in [0.29, 0.717) is 18.1 Å². The van der Waals surface area contributed by atoms with Crippen LogP contribution in [0.5, 0.6) is 0 Å². The van der Waals surface area contributed by atoms with Gasteiger partial charge in [0.2, 0.25) is 5.89 Å². The smallest absolute Gasteiger partial charge is 0.303 e. The number of carbonyl (C=O) groups is 1. The lowest BCUT2D eigenvalue weighted by Gasteiger charge is -2.25. The third kappa shape index (κ3) is 5.53. The van der Waals surface area contributed by atoms with E-state index in [-0.39, 0.29) is 11.8 Å². The van der Waals surface area contributed by atoms with Crippen LogP contribution in [0.25, 0.3) is 0 Å². The summed E-state index contributed by atoms with van der Waals surface area (Å²) in [5, 5.41) is 16.6. The van der Waals surface area contributed by atoms with Crippen LogP contribution >= 0.6 is 0 Å². The van der Waals surface area contributed by atoms with Crippen molar-refractivity contribution in [3.63, 3.8) is 0 Å². The molecule has 0 saturated carbocycles. The molecule has 0 spiro atoms. The van der Waals surface area contributed by atoms with Crippen LogP contribution in [0.1, 0.15) is 68.9 Å². The highest BCUT2D eigenvalue weighted by Gasteiger charge is 2.29. The first-order valence-corrected chi connectivity index (χ1v) is 10.2. The quantitative estimate of drug-likeness (QED) is 0.640. The Morgan fingerprint density at radius 1 is 1.32 bits per heavy atom. The molecule has 0 fully saturated rings. The van der Waals surface area contributed by atoms with Crippen LogP contribution in [-0.2, 0) is 30.5 Å². The van der Waals surface area contributed by atoms with Gasteiger partial charge in [0.1, 0.15) is 5.82 Å². The normalized spacial score (nSPS) is 15.5. The molecule has 0 amide bonds. The summed E-state index contributed by atoms with van der Waals surface area (Å²) in [6.07, 6.45) is 7.09. The average Bonchev–Trinajstić information content (AvgIpc) is 3.07. The maximum Gasteiger partial charge on any atom is 0.303 e. The van der Waals surface area contributed by atoms with Gasteiger partial charge in [0.05, 0.1) is 6.42 Å². The Bertz CT molecular complexity index is 805. The number of aryl methyl sites for hydroxylation is 3. The zero-order valence-corrected chi connectivity index (χ0v) is 16.8. The van der Waals surface area contributed by atoms with E-state index >= 15 is 0 Å². The summed E-state index contributed by atoms with van der Waals surface area (Å²) >= 11 is 0. The number of aliphatic carboxylic acids is 1. The van der Waals surface area contributed by atoms with Crippen LogP contribution in [0.15, 0.2) is 16.7 Å². The van der Waals surface area contributed by atoms with Crippen molar-refractivity contribution >= 4 is 11.8 Å². The molecule has 3 rings (SSSR count). The van der Waals surface area contributed by atoms with Gasteiger partial charge in [0.25, 0.3) is 0 Å². The van der Waals surface area contributed by atoms with Crippen molar-refractivity contribution in [3.05, 3.63) is 35.1 Å². The lowest BCUT2D eigenvalue weighted by atomic mass is 9.79. The molecule has 2 aromatic rings. The van der Waals surface area contributed by atoms with Gasteiger partial charge >= 0.3 is 5.97 Å². The SMILES string of the molecule is CCCC(C)(CC(=O)O)Cc1nc(CCCc2ccc3c(n2)NCCC3)no1. The number of hydrogen-bond donors (Lipinski definition) is 2. The van der Waals surface area contributed by atoms with Gasteiger partial charge in [-0.25, -0.2) is 4.98 Å². The molecule has 0 saturated heterocycles. The molecule has 3 heterocycles. The van der Waals surface area contributed by atoms with Crippen LogP contribution in [0.2, 0.25) is 0 Å². The lowest BCUT2D eigenvalue weighted by molar-refractivity contribution is -0.139. The Kier molecular flexibility index (Phi) is 6.65. The third-order valence-corrected chi connectivity index (χ3v) is 5.30. The van der Waals surface area contributed by atoms with Crippen molar-refractivity contribution in [1.82, 2.24) is 15.1 Å². The number of hydrogen-bond acceptors (Lipinski definition) is 6. The Morgan fingerprint density at radius 2 is 2.18 bits per heavy atom. The maximum atomic E-state index is 11.2. The predicted octanol–water partition coefficient (Wildman–Crippen LogP) is 3.82. The van der Waals surface area contributed by atoms with Crippen LogP contribution in [0.3, 0.4) is 0 Å². The van der Waals surface area contributed by atoms with Crippen molar-refractivity contribution in [3.8, 4) is 0 Å². The minimum Gasteiger partial charge on any atom is -0.481 e. The van der Waals surface area contributed by atoms with Gasteiger partial charge in [0, 0.05) is 25.1 Å². The van der Waals surface area contributed by atoms with Crippen molar-refractivity contribution in [1.29, 1.82) is 0 Å². The summed E-state index contributed by atoms with van der Waals surface area (Å²) in [4.78, 5) is 20.4. The number of rotatable bonds is 10. The molecular weight excluding hydrogens is 356 g/mol. The zero-order chi connectivity index (χ0) is 20.0. The van der Waals surface area contributed by atoms with Gasteiger partial charge in [-0.2, -0.15) is 4.98 Å². The molecule has 1 aliphatic rings. The van der Waals surface area contributed by atoms with Crippen molar-refractivity contribution < 1.29 is 14.4 Å². The van der Waals surface area contributed by atoms with Gasteiger partial charge < -0.3 is 14.9 Å². The number of anilines is 1. The monoisotopic (exact) mass is 386 g/mol. The Morgan fingerprint density at radius 3 is 2.96 bits per heavy atom. The minimum absolute atomic E-state index is 0.108. The largest absolute Gasteiger partial charge is 0.481 e. The van der Waals surface area contributed by atoms with E-state index in [2.05, 4.69) is 34.5 Å². The summed E-state index contributed by atoms with van der Waals surface area (Å²) < 4.78 is 5.39. The van der Waals surface area contributed by atoms with Gasteiger partial charge in [-0.3, -0.25) is 4.79 Å². The van der Waals surface area contributed by atoms with Crippen LogP contribution < -0.4 is 5.32 Å². The molecule has 7 nitrogen and oxygen atoms in total. The van der Waals surface area contributed by atoms with E-state index in [1.807, 2.05) is 6.92 Å². The Labute approximate surface area is 166 Å². The van der Waals surface area contributed by atoms with E-state index in [1.165, 1.54) is 5.56 Å². The number of carboxylic acids is 1. The number of nitrogens with one attached hydrogen (secondary N) is 1. The lowest BCUT2D eigenvalue weighted by Crippen LogP contribution is -2.23. The van der Waals surface area contributed by atoms with E-state index in [1.54, 1.807) is 0 Å². The molecule has 7 heteroatoms. The zero-order valence-electron chi connectivity index (χ0n) is 16.8. The topological polar surface area (TPSA) is 101 Å². The van der Waals surface area contributed by atoms with Gasteiger partial charge in [0.15, 0.2) is 5.82 Å². The fraction of sp³-hybridized carbons (Fsp3) is 0.619. The molecule has 2 N–H and O–H groups in total. The summed E-state index contributed by atoms with van der Waals surface area (Å²) in [5.41, 5.74) is 2.02. The van der Waals surface area contributed by atoms with Crippen molar-refractivity contribution in [2.75, 3.05) is 11.9 Å². The molecule has 2 aromatic heterocycles. The third-order valence-electron chi connectivity index (χ3n) is 5.30. The summed E-state index contributed by atoms with van der Waals surface area (Å²) in [7, 11) is 0. The molecule has 0 radical (unpaired) electrons. The predicted molar refractivity (Wildman–Crippen MR) is 106 cm³/mol. The molecule has 1 aliphatic heterocycles. The highest BCUT2D eigenvalue weighted by atomic mass is 16.5. The Balaban J connectivity index is 1.52. The average molecular weight is 386 g/mol. The van der Waals surface area contributed by atoms with E-state index < -0.39 is 5.97 Å². The van der Waals surface area contributed by atoms with Gasteiger partial charge in [-0.1, -0.05) is 31.5 Å². The first-order chi connectivity index (χ1) is 13.5. The number of pyridine rings is 1. The Hall–Kier alpha value is -2.44. The summed E-state index contributed by atoms with van der Waals surface area (Å²) in [6.45, 7) is 5.03. The second-order valence-corrected chi connectivity index (χ2v) is 8.11. The molecule has 1 unspecified atom stereocenters. The van der Waals surface area contributed by atoms with Crippen molar-refractivity contribution in [2.45, 2.75) is 71.6 Å². The standard InChI is InChI=1S/C21H30N4O3/c1-3-11-21(2,14-19(26)27)13-18-24-17(25-28-18)8-4-7-16-10-9-15-6-5-12-22-20(15)23-16/h9-10H,3-8,11-14H2,1-2H3,(H,22,23)(H,26,27). The summed E-state index contributed by atoms with van der Waals surface area (Å²) in [6, 6.07) is 4.28. The summed E-state index contributed by atoms with van der Waals surface area (Å²) in [5.74, 6) is 1.45. The van der Waals surface area contributed by atoms with E-state index in [0.717, 1.165) is 63.0 Å². The second-order valence-electron chi connectivity index (χ2n) is 8.11. The van der Waals surface area contributed by atoms with Crippen LogP contribution in [0, 0.1) is 5.41 Å². The number of fused-ring (bicyclic) bond motifs is 1. The minimum atomic E-state index is -0.789. The van der Waals surface area contributed by atoms with Gasteiger partial charge in [-0.05, 0) is 49.1 Å². The fourth-order valence-corrected chi connectivity index (χ4v) is 3.97. The van der Waals surface area contributed by atoms with E-state index in [9.17, 15) is 9.90 Å². The number of aromatic nitrogens is 3. The molecule has 152 valence electrons. The molecule has 1 atom stereocenters. The number of carboxylic acid groups (broad SMARTS) is 1. The fourth-order valence-electron chi connectivity index (χ4n) is 3.97. The molecular formula is C21H30N4O3. The van der Waals surface area contributed by atoms with Gasteiger partial charge in [-0.15, -0.1) is 0 Å². The van der Waals surface area contributed by atoms with Crippen LogP contribution in [0.4, 0.5) is 5.82 Å². The highest BCUT2D eigenvalue weighted by molar-refractivity contribution is 5.67. The first-order valence-electron chi connectivity index (χ1n) is 10.2. The highest BCUT2D eigenvalue weighted by Crippen LogP contribution is 2.31. The van der Waals surface area contributed by atoms with E-state index in [4.69, 9.17) is 9.51 Å². The van der Waals surface area contributed by atoms with Crippen LogP contribution in [-0.4, -0.2) is 32.7 Å². The van der Waals surface area contributed by atoms with Crippen molar-refractivity contribution in [2.24, 2.45) is 5.41 Å². The maximum absolute atomic E-state index is 11.2. The molecule has 0 aliphatic carbocycles. The molecule has 28 heavy (non-hydrogen) atoms. The number of nitrogens with zero attached hydrogens (tertiary/aromatic N) is 3. The second kappa shape index (κ2) is 9.17. The molecule has 0 bridgehead atoms. The molecule has 0 aromatic carbocycles.